The van der Waals surface area contributed by atoms with Crippen molar-refractivity contribution in [2.24, 2.45) is 5.73 Å². The molecule has 0 radical (unpaired) electrons. The van der Waals surface area contributed by atoms with Crippen molar-refractivity contribution < 1.29 is 13.2 Å². The molecule has 0 saturated heterocycles. The molecule has 0 aromatic heterocycles. The topological polar surface area (TPSA) is 26.0 Å². The third-order valence-electron chi connectivity index (χ3n) is 3.00. The van der Waals surface area contributed by atoms with Crippen molar-refractivity contribution >= 4 is 0 Å². The summed E-state index contributed by atoms with van der Waals surface area (Å²) in [6.45, 7) is 1.95. The van der Waals surface area contributed by atoms with Gasteiger partial charge in [-0.2, -0.15) is 13.2 Å². The maximum atomic E-state index is 12.5. The summed E-state index contributed by atoms with van der Waals surface area (Å²) >= 11 is 0. The molecular weight excluding hydrogens is 251 g/mol. The van der Waals surface area contributed by atoms with Crippen LogP contribution in [0.4, 0.5) is 13.2 Å². The van der Waals surface area contributed by atoms with Crippen molar-refractivity contribution in [2.45, 2.75) is 19.1 Å². The summed E-state index contributed by atoms with van der Waals surface area (Å²) < 4.78 is 37.4. The Morgan fingerprint density at radius 3 is 2.11 bits per heavy atom. The van der Waals surface area contributed by atoms with Crippen molar-refractivity contribution in [3.63, 3.8) is 0 Å². The van der Waals surface area contributed by atoms with Crippen LogP contribution >= 0.6 is 0 Å². The zero-order chi connectivity index (χ0) is 14.0. The molecule has 0 saturated carbocycles. The fourth-order valence-corrected chi connectivity index (χ4v) is 1.94. The predicted octanol–water partition coefficient (Wildman–Crippen LogP) is 4.06. The molecule has 19 heavy (non-hydrogen) atoms. The molecule has 4 heteroatoms. The van der Waals surface area contributed by atoms with Gasteiger partial charge in [0.1, 0.15) is 0 Å². The van der Waals surface area contributed by atoms with Crippen LogP contribution in [0.1, 0.15) is 28.3 Å². The molecule has 1 nitrogen and oxygen atoms in total. The molecule has 2 rings (SSSR count). The van der Waals surface area contributed by atoms with E-state index in [4.69, 9.17) is 5.73 Å². The molecule has 0 heterocycles. The lowest BCUT2D eigenvalue weighted by Crippen LogP contribution is -2.12. The number of rotatable bonds is 2. The molecule has 0 fully saturated rings. The lowest BCUT2D eigenvalue weighted by atomic mass is 9.97. The van der Waals surface area contributed by atoms with E-state index < -0.39 is 17.8 Å². The van der Waals surface area contributed by atoms with Crippen LogP contribution in [0.25, 0.3) is 0 Å². The van der Waals surface area contributed by atoms with E-state index in [1.54, 1.807) is 0 Å². The van der Waals surface area contributed by atoms with Gasteiger partial charge in [-0.05, 0) is 30.2 Å². The Labute approximate surface area is 109 Å². The average molecular weight is 265 g/mol. The molecular formula is C15H14F3N. The molecule has 100 valence electrons. The Hall–Kier alpha value is -1.81. The lowest BCUT2D eigenvalue weighted by Gasteiger charge is -2.14. The fraction of sp³-hybridized carbons (Fsp3) is 0.200. The largest absolute Gasteiger partial charge is 0.416 e. The average Bonchev–Trinajstić information content (AvgIpc) is 2.37. The van der Waals surface area contributed by atoms with Gasteiger partial charge in [0.15, 0.2) is 0 Å². The molecule has 0 aliphatic rings. The molecule has 0 aliphatic carbocycles. The Bertz CT molecular complexity index is 558. The minimum Gasteiger partial charge on any atom is -0.320 e. The molecule has 1 unspecified atom stereocenters. The van der Waals surface area contributed by atoms with Crippen molar-refractivity contribution in [1.82, 2.24) is 0 Å². The quantitative estimate of drug-likeness (QED) is 0.870. The summed E-state index contributed by atoms with van der Waals surface area (Å²) in [5.74, 6) is 0. The van der Waals surface area contributed by atoms with E-state index in [0.717, 1.165) is 23.3 Å². The van der Waals surface area contributed by atoms with Gasteiger partial charge in [0.05, 0.1) is 11.6 Å². The lowest BCUT2D eigenvalue weighted by molar-refractivity contribution is -0.137. The third kappa shape index (κ3) is 3.15. The van der Waals surface area contributed by atoms with Gasteiger partial charge in [0.25, 0.3) is 0 Å². The van der Waals surface area contributed by atoms with Crippen LogP contribution in [-0.2, 0) is 6.18 Å². The first-order valence-corrected chi connectivity index (χ1v) is 5.87. The normalized spacial score (nSPS) is 13.3. The Kier molecular flexibility index (Phi) is 3.62. The van der Waals surface area contributed by atoms with Crippen molar-refractivity contribution in [2.75, 3.05) is 0 Å². The minimum absolute atomic E-state index is 0.415. The Morgan fingerprint density at radius 1 is 0.947 bits per heavy atom. The first-order valence-electron chi connectivity index (χ1n) is 5.87. The standard InChI is InChI=1S/C15H14F3N/c1-10-3-2-4-12(9-10)14(19)11-5-7-13(8-6-11)15(16,17)18/h2-9,14H,19H2,1H3. The zero-order valence-corrected chi connectivity index (χ0v) is 10.4. The molecule has 1 atom stereocenters. The highest BCUT2D eigenvalue weighted by Gasteiger charge is 2.30. The second-order valence-electron chi connectivity index (χ2n) is 4.51. The number of alkyl halides is 3. The van der Waals surface area contributed by atoms with Crippen molar-refractivity contribution in [3.8, 4) is 0 Å². The van der Waals surface area contributed by atoms with Crippen LogP contribution in [0.2, 0.25) is 0 Å². The van der Waals surface area contributed by atoms with E-state index in [-0.39, 0.29) is 0 Å². The van der Waals surface area contributed by atoms with E-state index in [2.05, 4.69) is 0 Å². The predicted molar refractivity (Wildman–Crippen MR) is 68.7 cm³/mol. The number of benzene rings is 2. The molecule has 0 bridgehead atoms. The molecule has 2 N–H and O–H groups in total. The highest BCUT2D eigenvalue weighted by Crippen LogP contribution is 2.30. The van der Waals surface area contributed by atoms with E-state index in [1.807, 2.05) is 31.2 Å². The second-order valence-corrected chi connectivity index (χ2v) is 4.51. The molecule has 0 aliphatic heterocycles. The number of hydrogen-bond donors (Lipinski definition) is 1. The van der Waals surface area contributed by atoms with Gasteiger partial charge in [0, 0.05) is 0 Å². The summed E-state index contributed by atoms with van der Waals surface area (Å²) in [5.41, 5.74) is 8.03. The maximum absolute atomic E-state index is 12.5. The van der Waals surface area contributed by atoms with Gasteiger partial charge < -0.3 is 5.73 Å². The molecule has 2 aromatic rings. The fourth-order valence-electron chi connectivity index (χ4n) is 1.94. The summed E-state index contributed by atoms with van der Waals surface area (Å²) in [6.07, 6.45) is -4.31. The second kappa shape index (κ2) is 5.05. The first kappa shape index (κ1) is 13.6. The maximum Gasteiger partial charge on any atom is 0.416 e. The SMILES string of the molecule is Cc1cccc(C(N)c2ccc(C(F)(F)F)cc2)c1. The number of halogens is 3. The molecule has 2 aromatic carbocycles. The first-order chi connectivity index (χ1) is 8.88. The minimum atomic E-state index is -4.31. The van der Waals surface area contributed by atoms with E-state index in [9.17, 15) is 13.2 Å². The Morgan fingerprint density at radius 2 is 1.58 bits per heavy atom. The summed E-state index contributed by atoms with van der Waals surface area (Å²) in [7, 11) is 0. The number of aryl methyl sites for hydroxylation is 1. The van der Waals surface area contributed by atoms with Crippen molar-refractivity contribution in [1.29, 1.82) is 0 Å². The van der Waals surface area contributed by atoms with Crippen LogP contribution < -0.4 is 5.73 Å². The van der Waals surface area contributed by atoms with Crippen LogP contribution in [0.5, 0.6) is 0 Å². The third-order valence-corrected chi connectivity index (χ3v) is 3.00. The van der Waals surface area contributed by atoms with E-state index in [0.29, 0.717) is 5.56 Å². The highest BCUT2D eigenvalue weighted by atomic mass is 19.4. The van der Waals surface area contributed by atoms with Crippen LogP contribution in [-0.4, -0.2) is 0 Å². The molecule has 0 amide bonds. The van der Waals surface area contributed by atoms with Gasteiger partial charge in [-0.1, -0.05) is 42.0 Å². The van der Waals surface area contributed by atoms with Gasteiger partial charge in [0.2, 0.25) is 0 Å². The van der Waals surface area contributed by atoms with Gasteiger partial charge in [-0.25, -0.2) is 0 Å². The smallest absolute Gasteiger partial charge is 0.320 e. The monoisotopic (exact) mass is 265 g/mol. The van der Waals surface area contributed by atoms with E-state index >= 15 is 0 Å². The Balaban J connectivity index is 2.27. The summed E-state index contributed by atoms with van der Waals surface area (Å²) in [6, 6.07) is 12.2. The zero-order valence-electron chi connectivity index (χ0n) is 10.4. The van der Waals surface area contributed by atoms with Crippen LogP contribution in [0, 0.1) is 6.92 Å². The van der Waals surface area contributed by atoms with Gasteiger partial charge >= 0.3 is 6.18 Å². The summed E-state index contributed by atoms with van der Waals surface area (Å²) in [4.78, 5) is 0. The molecule has 0 spiro atoms. The summed E-state index contributed by atoms with van der Waals surface area (Å²) in [5, 5.41) is 0. The van der Waals surface area contributed by atoms with Gasteiger partial charge in [-0.15, -0.1) is 0 Å². The highest BCUT2D eigenvalue weighted by molar-refractivity contribution is 5.35. The number of nitrogens with two attached hydrogens (primary N) is 1. The van der Waals surface area contributed by atoms with Crippen LogP contribution in [0.15, 0.2) is 48.5 Å². The number of hydrogen-bond acceptors (Lipinski definition) is 1. The van der Waals surface area contributed by atoms with Crippen LogP contribution in [0.3, 0.4) is 0 Å². The van der Waals surface area contributed by atoms with Crippen molar-refractivity contribution in [3.05, 3.63) is 70.8 Å². The van der Waals surface area contributed by atoms with Gasteiger partial charge in [-0.3, -0.25) is 0 Å². The van der Waals surface area contributed by atoms with E-state index in [1.165, 1.54) is 12.1 Å².